The fourth-order valence-electron chi connectivity index (χ4n) is 2.13. The van der Waals surface area contributed by atoms with E-state index in [1.54, 1.807) is 0 Å². The predicted octanol–water partition coefficient (Wildman–Crippen LogP) is 2.03. The zero-order valence-corrected chi connectivity index (χ0v) is 12.4. The molecular weight excluding hydrogens is 327 g/mol. The van der Waals surface area contributed by atoms with Crippen molar-refractivity contribution in [3.8, 4) is 0 Å². The molecule has 2 aromatic rings. The van der Waals surface area contributed by atoms with Crippen LogP contribution in [0, 0.1) is 15.0 Å². The second-order valence-corrected chi connectivity index (χ2v) is 6.32. The fourth-order valence-corrected chi connectivity index (χ4v) is 3.23. The quantitative estimate of drug-likeness (QED) is 0.482. The topological polar surface area (TPSA) is 144 Å². The van der Waals surface area contributed by atoms with Crippen molar-refractivity contribution in [1.82, 2.24) is 0 Å². The highest BCUT2D eigenvalue weighted by atomic mass is 31.2. The van der Waals surface area contributed by atoms with Crippen molar-refractivity contribution in [1.29, 1.82) is 0 Å². The molecule has 0 spiro atoms. The molecule has 0 saturated heterocycles. The largest absolute Gasteiger partial charge is 0.778 e. The SMILES string of the molecule is O=[N+]([O-])c1ccc(C(c2ccc([N+](=O)O)cc2)P(=O)([O-])O)cc1. The van der Waals surface area contributed by atoms with Gasteiger partial charge in [-0.25, -0.2) is 5.21 Å². The first-order valence-electron chi connectivity index (χ1n) is 6.24. The van der Waals surface area contributed by atoms with Gasteiger partial charge in [-0.15, -0.1) is 0 Å². The van der Waals surface area contributed by atoms with Crippen LogP contribution in [0.3, 0.4) is 0 Å². The van der Waals surface area contributed by atoms with Gasteiger partial charge in [-0.2, -0.15) is 0 Å². The highest BCUT2D eigenvalue weighted by molar-refractivity contribution is 7.51. The van der Waals surface area contributed by atoms with Gasteiger partial charge in [0, 0.05) is 24.3 Å². The van der Waals surface area contributed by atoms with E-state index in [1.807, 2.05) is 0 Å². The van der Waals surface area contributed by atoms with Gasteiger partial charge in [-0.3, -0.25) is 10.1 Å². The van der Waals surface area contributed by atoms with Crippen molar-refractivity contribution in [3.05, 3.63) is 74.7 Å². The van der Waals surface area contributed by atoms with E-state index in [9.17, 15) is 29.4 Å². The maximum absolute atomic E-state index is 11.7. The minimum atomic E-state index is -4.87. The second kappa shape index (κ2) is 6.25. The first kappa shape index (κ1) is 16.8. The molecule has 2 N–H and O–H groups in total. The van der Waals surface area contributed by atoms with Gasteiger partial charge < -0.3 is 14.4 Å². The normalized spacial score (nSPS) is 14.7. The summed E-state index contributed by atoms with van der Waals surface area (Å²) in [4.78, 5) is 41.5. The van der Waals surface area contributed by atoms with Crippen LogP contribution in [0.4, 0.5) is 11.4 Å². The maximum Gasteiger partial charge on any atom is 0.316 e. The van der Waals surface area contributed by atoms with Crippen LogP contribution in [0.1, 0.15) is 16.8 Å². The van der Waals surface area contributed by atoms with Crippen LogP contribution in [-0.4, -0.2) is 19.9 Å². The van der Waals surface area contributed by atoms with Crippen LogP contribution in [0.2, 0.25) is 0 Å². The third-order valence-corrected chi connectivity index (χ3v) is 4.42. The number of nitro benzene ring substituents is 1. The van der Waals surface area contributed by atoms with Crippen molar-refractivity contribution < 1.29 is 29.4 Å². The smallest absolute Gasteiger partial charge is 0.316 e. The summed E-state index contributed by atoms with van der Waals surface area (Å²) in [5, 5.41) is 19.4. The van der Waals surface area contributed by atoms with E-state index in [1.165, 1.54) is 36.4 Å². The Labute approximate surface area is 129 Å². The summed E-state index contributed by atoms with van der Waals surface area (Å²) < 4.78 is 11.7. The molecule has 0 aromatic heterocycles. The molecule has 2 unspecified atom stereocenters. The Bertz CT molecular complexity index is 725. The van der Waals surface area contributed by atoms with E-state index < -0.39 is 18.2 Å². The first-order chi connectivity index (χ1) is 10.7. The monoisotopic (exact) mass is 338 g/mol. The van der Waals surface area contributed by atoms with E-state index in [4.69, 9.17) is 5.21 Å². The van der Waals surface area contributed by atoms with E-state index >= 15 is 0 Å². The summed E-state index contributed by atoms with van der Waals surface area (Å²) >= 11 is 0. The number of non-ortho nitro benzene ring substituents is 1. The van der Waals surface area contributed by atoms with Crippen LogP contribution in [-0.2, 0) is 4.57 Å². The Morgan fingerprint density at radius 2 is 1.30 bits per heavy atom. The van der Waals surface area contributed by atoms with Gasteiger partial charge in [0.05, 0.1) is 15.5 Å². The molecule has 120 valence electrons. The van der Waals surface area contributed by atoms with Gasteiger partial charge in [0.1, 0.15) is 7.60 Å². The third kappa shape index (κ3) is 3.78. The lowest BCUT2D eigenvalue weighted by molar-refractivity contribution is -0.729. The van der Waals surface area contributed by atoms with Gasteiger partial charge in [0.25, 0.3) is 10.6 Å². The van der Waals surface area contributed by atoms with Gasteiger partial charge in [-0.1, -0.05) is 24.3 Å². The summed E-state index contributed by atoms with van der Waals surface area (Å²) in [6, 6.07) is 9.56. The molecule has 0 aliphatic heterocycles. The predicted molar refractivity (Wildman–Crippen MR) is 76.3 cm³/mol. The van der Waals surface area contributed by atoms with Crippen molar-refractivity contribution in [2.24, 2.45) is 0 Å². The summed E-state index contributed by atoms with van der Waals surface area (Å²) in [6.45, 7) is 0. The fraction of sp³-hybridized carbons (Fsp3) is 0.0769. The highest BCUT2D eigenvalue weighted by Crippen LogP contribution is 2.52. The van der Waals surface area contributed by atoms with Gasteiger partial charge >= 0.3 is 5.69 Å². The van der Waals surface area contributed by atoms with Crippen LogP contribution in [0.25, 0.3) is 0 Å². The molecule has 0 bridgehead atoms. The average molecular weight is 338 g/mol. The van der Waals surface area contributed by atoms with E-state index in [0.717, 1.165) is 12.1 Å². The standard InChI is InChI=1S/C13H11N2O7P/c16-14(17)11-5-1-9(2-6-11)13(23(20,21)22)10-3-7-12(8-4-10)15(18)19/h1-8,13H,(H2-,16,17,20,21,22). The molecule has 23 heavy (non-hydrogen) atoms. The molecule has 0 saturated carbocycles. The Hall–Kier alpha value is -2.61. The second-order valence-electron chi connectivity index (χ2n) is 4.68. The first-order valence-corrected chi connectivity index (χ1v) is 7.89. The zero-order valence-electron chi connectivity index (χ0n) is 11.5. The van der Waals surface area contributed by atoms with E-state index in [2.05, 4.69) is 0 Å². The van der Waals surface area contributed by atoms with Crippen LogP contribution in [0.15, 0.2) is 48.5 Å². The number of rotatable bonds is 5. The molecule has 10 heteroatoms. The summed E-state index contributed by atoms with van der Waals surface area (Å²) in [5.41, 5.74) is -1.51. The van der Waals surface area contributed by atoms with Crippen molar-refractivity contribution in [2.45, 2.75) is 5.66 Å². The third-order valence-electron chi connectivity index (χ3n) is 3.18. The lowest BCUT2D eigenvalue weighted by Crippen LogP contribution is -2.11. The highest BCUT2D eigenvalue weighted by Gasteiger charge is 2.26. The molecule has 0 fully saturated rings. The molecule has 0 aliphatic carbocycles. The van der Waals surface area contributed by atoms with Crippen molar-refractivity contribution >= 4 is 19.0 Å². The molecule has 0 heterocycles. The molecule has 2 aromatic carbocycles. The Balaban J connectivity index is 2.47. The summed E-state index contributed by atoms with van der Waals surface area (Å²) in [5.74, 6) is 0. The Kier molecular flexibility index (Phi) is 4.55. The lowest BCUT2D eigenvalue weighted by Gasteiger charge is -2.27. The van der Waals surface area contributed by atoms with Gasteiger partial charge in [0.15, 0.2) is 0 Å². The minimum Gasteiger partial charge on any atom is -0.778 e. The molecule has 0 radical (unpaired) electrons. The summed E-state index contributed by atoms with van der Waals surface area (Å²) in [6.07, 6.45) is 0. The number of benzene rings is 2. The Morgan fingerprint density at radius 1 is 0.913 bits per heavy atom. The minimum absolute atomic E-state index is 0.116. The maximum atomic E-state index is 11.7. The van der Waals surface area contributed by atoms with Crippen LogP contribution >= 0.6 is 7.60 Å². The average Bonchev–Trinajstić information content (AvgIpc) is 2.47. The lowest BCUT2D eigenvalue weighted by atomic mass is 10.0. The van der Waals surface area contributed by atoms with Crippen molar-refractivity contribution in [2.75, 3.05) is 0 Å². The van der Waals surface area contributed by atoms with Crippen LogP contribution < -0.4 is 4.89 Å². The number of nitro groups is 1. The molecule has 9 nitrogen and oxygen atoms in total. The van der Waals surface area contributed by atoms with Crippen molar-refractivity contribution in [3.63, 3.8) is 0 Å². The number of hydrogen-bond acceptors (Lipinski definition) is 5. The molecule has 0 aliphatic rings. The molecular formula is C13H11N2O7P. The zero-order chi connectivity index (χ0) is 17.2. The van der Waals surface area contributed by atoms with E-state index in [-0.39, 0.29) is 27.4 Å². The van der Waals surface area contributed by atoms with Gasteiger partial charge in [-0.05, 0) is 11.1 Å². The molecule has 2 rings (SSSR count). The number of nitrogens with zero attached hydrogens (tertiary/aromatic N) is 2. The van der Waals surface area contributed by atoms with Gasteiger partial charge in [0.2, 0.25) is 0 Å². The van der Waals surface area contributed by atoms with Crippen LogP contribution in [0.5, 0.6) is 0 Å². The van der Waals surface area contributed by atoms with E-state index in [0.29, 0.717) is 0 Å². The Morgan fingerprint density at radius 3 is 1.61 bits per heavy atom. The molecule has 2 atom stereocenters. The molecule has 0 amide bonds. The summed E-state index contributed by atoms with van der Waals surface area (Å²) in [7, 11) is -4.87. The number of hydrogen-bond donors (Lipinski definition) is 2.